The minimum atomic E-state index is -1.21. The number of rotatable bonds is 4. The highest BCUT2D eigenvalue weighted by molar-refractivity contribution is 5.29. The van der Waals surface area contributed by atoms with Gasteiger partial charge in [0, 0.05) is 17.9 Å². The summed E-state index contributed by atoms with van der Waals surface area (Å²) in [6.45, 7) is 10.9. The molecule has 8 aliphatic rings. The molecule has 2 N–H and O–H groups in total. The normalized spacial score (nSPS) is 52.7. The standard InChI is InChI=1S/C41H58O9/c1-22-12-17-41(46-20-22)23(2)33-31(50-41)19-30-28-11-8-25-18-27(13-15-39(25,3)29(28)14-16-40(30,33)4)47-38-35(43)34(42)36-32(48-38)21-45-37(49-36)24-6-9-26(44-5)10-7-24/h6-10,22-23,27-38,42-43H,11-21H2,1-5H3/t22-,23+,27+,28-,29+,30+,31-,32?,33-,34?,35?,36-,37?,38-,39+,40+,41-/m1/s1. The second-order valence-corrected chi connectivity index (χ2v) is 17.8. The van der Waals surface area contributed by atoms with Crippen LogP contribution in [0.5, 0.6) is 5.75 Å². The molecule has 1 aromatic rings. The van der Waals surface area contributed by atoms with Crippen molar-refractivity contribution in [2.45, 2.75) is 140 Å². The van der Waals surface area contributed by atoms with Gasteiger partial charge in [0.2, 0.25) is 0 Å². The Balaban J connectivity index is 0.845. The Bertz CT molecular complexity index is 1440. The van der Waals surface area contributed by atoms with E-state index in [2.05, 4.69) is 33.8 Å². The van der Waals surface area contributed by atoms with Gasteiger partial charge >= 0.3 is 0 Å². The average molecular weight is 695 g/mol. The lowest BCUT2D eigenvalue weighted by Gasteiger charge is -2.58. The number of benzene rings is 1. The van der Waals surface area contributed by atoms with E-state index < -0.39 is 37.0 Å². The summed E-state index contributed by atoms with van der Waals surface area (Å²) in [5, 5.41) is 22.4. The van der Waals surface area contributed by atoms with Crippen molar-refractivity contribution in [2.24, 2.45) is 46.3 Å². The maximum Gasteiger partial charge on any atom is 0.186 e. The summed E-state index contributed by atoms with van der Waals surface area (Å²) in [5.74, 6) is 4.07. The van der Waals surface area contributed by atoms with Crippen molar-refractivity contribution in [3.8, 4) is 5.75 Å². The van der Waals surface area contributed by atoms with Crippen LogP contribution in [0, 0.1) is 46.3 Å². The van der Waals surface area contributed by atoms with Gasteiger partial charge < -0.3 is 43.4 Å². The largest absolute Gasteiger partial charge is 0.497 e. The van der Waals surface area contributed by atoms with Crippen LogP contribution < -0.4 is 4.74 Å². The number of methoxy groups -OCH3 is 1. The molecule has 3 saturated carbocycles. The van der Waals surface area contributed by atoms with E-state index in [1.165, 1.54) is 31.3 Å². The third-order valence-corrected chi connectivity index (χ3v) is 15.4. The van der Waals surface area contributed by atoms with Crippen molar-refractivity contribution in [1.82, 2.24) is 0 Å². The van der Waals surface area contributed by atoms with Crippen LogP contribution in [0.25, 0.3) is 0 Å². The zero-order valence-electron chi connectivity index (χ0n) is 30.5. The maximum atomic E-state index is 11.2. The number of allylic oxidation sites excluding steroid dienone is 1. The fourth-order valence-corrected chi connectivity index (χ4v) is 12.6. The van der Waals surface area contributed by atoms with Crippen molar-refractivity contribution in [2.75, 3.05) is 20.3 Å². The number of ether oxygens (including phenoxy) is 7. The van der Waals surface area contributed by atoms with Crippen LogP contribution in [-0.2, 0) is 28.4 Å². The molecule has 9 nitrogen and oxygen atoms in total. The summed E-state index contributed by atoms with van der Waals surface area (Å²) in [6, 6.07) is 7.45. The number of hydrogen-bond acceptors (Lipinski definition) is 9. The average Bonchev–Trinajstić information content (AvgIpc) is 3.57. The molecule has 4 saturated heterocycles. The van der Waals surface area contributed by atoms with Gasteiger partial charge in [0.25, 0.3) is 0 Å². The van der Waals surface area contributed by atoms with Crippen LogP contribution in [0.1, 0.15) is 97.3 Å². The highest BCUT2D eigenvalue weighted by Crippen LogP contribution is 2.70. The van der Waals surface area contributed by atoms with Crippen molar-refractivity contribution in [3.05, 3.63) is 41.5 Å². The molecule has 1 spiro atoms. The molecule has 4 heterocycles. The highest BCUT2D eigenvalue weighted by Gasteiger charge is 2.68. The lowest BCUT2D eigenvalue weighted by molar-refractivity contribution is -0.367. The van der Waals surface area contributed by atoms with Gasteiger partial charge in [0.1, 0.15) is 30.2 Å². The lowest BCUT2D eigenvalue weighted by Crippen LogP contribution is -2.62. The molecule has 17 atom stereocenters. The first kappa shape index (κ1) is 34.2. The summed E-state index contributed by atoms with van der Waals surface area (Å²) >= 11 is 0. The van der Waals surface area contributed by atoms with Crippen molar-refractivity contribution >= 4 is 0 Å². The number of aliphatic hydroxyl groups excluding tert-OH is 2. The quantitative estimate of drug-likeness (QED) is 0.351. The van der Waals surface area contributed by atoms with Gasteiger partial charge in [0.15, 0.2) is 18.4 Å². The zero-order valence-corrected chi connectivity index (χ0v) is 30.5. The van der Waals surface area contributed by atoms with Crippen LogP contribution in [0.4, 0.5) is 0 Å². The van der Waals surface area contributed by atoms with Gasteiger partial charge in [-0.3, -0.25) is 0 Å². The molecule has 0 amide bonds. The van der Waals surface area contributed by atoms with Crippen LogP contribution in [0.15, 0.2) is 35.9 Å². The molecule has 9 rings (SSSR count). The van der Waals surface area contributed by atoms with Crippen molar-refractivity contribution in [3.63, 3.8) is 0 Å². The Morgan fingerprint density at radius 3 is 2.46 bits per heavy atom. The second-order valence-electron chi connectivity index (χ2n) is 17.8. The first-order valence-electron chi connectivity index (χ1n) is 19.6. The zero-order chi connectivity index (χ0) is 34.6. The van der Waals surface area contributed by atoms with E-state index in [1.54, 1.807) is 7.11 Å². The molecule has 276 valence electrons. The van der Waals surface area contributed by atoms with Gasteiger partial charge in [-0.05, 0) is 104 Å². The molecule has 0 radical (unpaired) electrons. The Morgan fingerprint density at radius 2 is 1.70 bits per heavy atom. The Morgan fingerprint density at radius 1 is 0.880 bits per heavy atom. The Hall–Kier alpha value is -1.56. The monoisotopic (exact) mass is 694 g/mol. The summed E-state index contributed by atoms with van der Waals surface area (Å²) in [5.41, 5.74) is 2.80. The SMILES string of the molecule is COc1ccc(C2OCC3O[C@@H](O[C@H]4CC[C@@]5(C)C(=CC[C@H]6[C@@H]7C[C@H]8O[C@]9(CC[C@@H](C)CO9)[C@@H](C)[C@H]8[C@@]7(C)CC[C@@H]65)C4)C(O)C(O)[C@@H]3O2)cc1. The van der Waals surface area contributed by atoms with Crippen molar-refractivity contribution in [1.29, 1.82) is 0 Å². The number of fused-ring (bicyclic) bond motifs is 8. The molecular formula is C41H58O9. The third-order valence-electron chi connectivity index (χ3n) is 15.4. The summed E-state index contributed by atoms with van der Waals surface area (Å²) < 4.78 is 43.7. The minimum absolute atomic E-state index is 0.0740. The fourth-order valence-electron chi connectivity index (χ4n) is 12.6. The topological polar surface area (TPSA) is 105 Å². The highest BCUT2D eigenvalue weighted by atomic mass is 16.8. The van der Waals surface area contributed by atoms with E-state index in [0.29, 0.717) is 47.0 Å². The molecule has 7 fully saturated rings. The van der Waals surface area contributed by atoms with Gasteiger partial charge in [-0.2, -0.15) is 0 Å². The van der Waals surface area contributed by atoms with E-state index in [-0.39, 0.29) is 23.9 Å². The summed E-state index contributed by atoms with van der Waals surface area (Å²) in [6.07, 6.45) is 7.50. The predicted octanol–water partition coefficient (Wildman–Crippen LogP) is 6.31. The Kier molecular flexibility index (Phi) is 8.56. The van der Waals surface area contributed by atoms with Crippen LogP contribution in [0.2, 0.25) is 0 Å². The summed E-state index contributed by atoms with van der Waals surface area (Å²) in [7, 11) is 1.62. The van der Waals surface area contributed by atoms with Crippen molar-refractivity contribution < 1.29 is 43.4 Å². The number of aliphatic hydroxyl groups is 2. The fraction of sp³-hybridized carbons (Fsp3) is 0.805. The number of hydrogen-bond donors (Lipinski definition) is 2. The maximum absolute atomic E-state index is 11.2. The first-order valence-corrected chi connectivity index (χ1v) is 19.6. The van der Waals surface area contributed by atoms with Crippen LogP contribution >= 0.6 is 0 Å². The smallest absolute Gasteiger partial charge is 0.186 e. The van der Waals surface area contributed by atoms with E-state index in [4.69, 9.17) is 33.2 Å². The lowest BCUT2D eigenvalue weighted by atomic mass is 9.47. The predicted molar refractivity (Wildman–Crippen MR) is 184 cm³/mol. The van der Waals surface area contributed by atoms with Gasteiger partial charge in [-0.15, -0.1) is 0 Å². The van der Waals surface area contributed by atoms with E-state index in [0.717, 1.165) is 50.0 Å². The van der Waals surface area contributed by atoms with Crippen LogP contribution in [0.3, 0.4) is 0 Å². The van der Waals surface area contributed by atoms with Gasteiger partial charge in [-0.25, -0.2) is 0 Å². The molecule has 1 aromatic carbocycles. The van der Waals surface area contributed by atoms with Gasteiger partial charge in [0.05, 0.1) is 32.5 Å². The second kappa shape index (κ2) is 12.5. The molecular weight excluding hydrogens is 636 g/mol. The molecule has 50 heavy (non-hydrogen) atoms. The molecule has 0 aromatic heterocycles. The molecule has 0 bridgehead atoms. The molecule has 4 unspecified atom stereocenters. The first-order chi connectivity index (χ1) is 24.0. The van der Waals surface area contributed by atoms with Gasteiger partial charge in [-0.1, -0.05) is 51.5 Å². The Labute approximate surface area is 297 Å². The molecule has 4 aliphatic heterocycles. The van der Waals surface area contributed by atoms with E-state index in [9.17, 15) is 10.2 Å². The third kappa shape index (κ3) is 5.23. The van der Waals surface area contributed by atoms with E-state index in [1.807, 2.05) is 24.3 Å². The summed E-state index contributed by atoms with van der Waals surface area (Å²) in [4.78, 5) is 0. The molecule has 4 aliphatic carbocycles. The van der Waals surface area contributed by atoms with E-state index >= 15 is 0 Å². The molecule has 9 heteroatoms. The van der Waals surface area contributed by atoms with Crippen LogP contribution in [-0.4, -0.2) is 79.2 Å². The minimum Gasteiger partial charge on any atom is -0.497 e.